The number of hydrogen-bond donors (Lipinski definition) is 1. The highest BCUT2D eigenvalue weighted by atomic mass is 32.2. The van der Waals surface area contributed by atoms with Gasteiger partial charge in [0.25, 0.3) is 5.95 Å². The lowest BCUT2D eigenvalue weighted by Crippen LogP contribution is -2.12. The highest BCUT2D eigenvalue weighted by molar-refractivity contribution is 7.90. The van der Waals surface area contributed by atoms with Crippen molar-refractivity contribution >= 4 is 15.8 Å². The molecule has 0 unspecified atom stereocenters. The molecule has 22 heavy (non-hydrogen) atoms. The minimum absolute atomic E-state index is 0.172. The van der Waals surface area contributed by atoms with Gasteiger partial charge >= 0.3 is 0 Å². The Morgan fingerprint density at radius 1 is 1.18 bits per heavy atom. The normalized spacial score (nSPS) is 12.4. The molecule has 0 aliphatic carbocycles. The summed E-state index contributed by atoms with van der Waals surface area (Å²) in [5.41, 5.74) is 0.869. The third-order valence-electron chi connectivity index (χ3n) is 3.12. The molecular weight excluding hydrogens is 302 g/mol. The smallest absolute Gasteiger partial charge is 0.263 e. The van der Waals surface area contributed by atoms with Crippen molar-refractivity contribution in [2.75, 3.05) is 18.1 Å². The quantitative estimate of drug-likeness (QED) is 0.909. The summed E-state index contributed by atoms with van der Waals surface area (Å²) in [6, 6.07) is 6.87. The average molecular weight is 323 g/mol. The van der Waals surface area contributed by atoms with Crippen LogP contribution >= 0.6 is 0 Å². The van der Waals surface area contributed by atoms with Crippen LogP contribution in [0.15, 0.2) is 33.7 Å². The summed E-state index contributed by atoms with van der Waals surface area (Å²) >= 11 is 0. The second-order valence-corrected chi connectivity index (χ2v) is 8.28. The number of nitrogens with zero attached hydrogens (tertiary/aromatic N) is 2. The van der Waals surface area contributed by atoms with Gasteiger partial charge in [0.05, 0.1) is 4.90 Å². The van der Waals surface area contributed by atoms with Crippen LogP contribution in [0.4, 0.5) is 5.95 Å². The SMILES string of the molecule is CC(C)(C)c1nc(NCCc2ccc(S(C)(=O)=O)cc2)no1. The van der Waals surface area contributed by atoms with Gasteiger partial charge in [-0.2, -0.15) is 4.98 Å². The Balaban J connectivity index is 1.90. The van der Waals surface area contributed by atoms with Gasteiger partial charge in [0, 0.05) is 18.2 Å². The molecule has 1 aromatic carbocycles. The summed E-state index contributed by atoms with van der Waals surface area (Å²) < 4.78 is 28.0. The molecule has 0 aliphatic heterocycles. The molecule has 1 heterocycles. The molecule has 120 valence electrons. The van der Waals surface area contributed by atoms with Crippen molar-refractivity contribution in [2.24, 2.45) is 0 Å². The van der Waals surface area contributed by atoms with Gasteiger partial charge in [0.15, 0.2) is 9.84 Å². The first-order chi connectivity index (χ1) is 10.2. The van der Waals surface area contributed by atoms with Crippen molar-refractivity contribution < 1.29 is 12.9 Å². The first-order valence-corrected chi connectivity index (χ1v) is 8.92. The number of anilines is 1. The van der Waals surface area contributed by atoms with Crippen LogP contribution in [0.3, 0.4) is 0 Å². The fourth-order valence-electron chi connectivity index (χ4n) is 1.82. The molecule has 7 heteroatoms. The van der Waals surface area contributed by atoms with Crippen LogP contribution in [-0.2, 0) is 21.7 Å². The summed E-state index contributed by atoms with van der Waals surface area (Å²) in [5, 5.41) is 6.98. The van der Waals surface area contributed by atoms with Crippen LogP contribution in [0.25, 0.3) is 0 Å². The second-order valence-electron chi connectivity index (χ2n) is 6.27. The third kappa shape index (κ3) is 4.30. The van der Waals surface area contributed by atoms with E-state index in [0.717, 1.165) is 12.0 Å². The van der Waals surface area contributed by atoms with Gasteiger partial charge in [-0.25, -0.2) is 8.42 Å². The first-order valence-electron chi connectivity index (χ1n) is 7.03. The van der Waals surface area contributed by atoms with E-state index in [1.165, 1.54) is 6.26 Å². The molecular formula is C15H21N3O3S. The van der Waals surface area contributed by atoms with Crippen molar-refractivity contribution in [1.82, 2.24) is 10.1 Å². The minimum atomic E-state index is -3.14. The second kappa shape index (κ2) is 6.08. The molecule has 0 radical (unpaired) electrons. The minimum Gasteiger partial charge on any atom is -0.351 e. The molecule has 0 bridgehead atoms. The van der Waals surface area contributed by atoms with E-state index in [0.29, 0.717) is 23.3 Å². The maximum absolute atomic E-state index is 11.4. The molecule has 0 amide bonds. The molecule has 0 spiro atoms. The van der Waals surface area contributed by atoms with E-state index in [2.05, 4.69) is 15.5 Å². The van der Waals surface area contributed by atoms with Crippen LogP contribution in [0.2, 0.25) is 0 Å². The van der Waals surface area contributed by atoms with Crippen LogP contribution < -0.4 is 5.32 Å². The highest BCUT2D eigenvalue weighted by Crippen LogP contribution is 2.20. The summed E-state index contributed by atoms with van der Waals surface area (Å²) in [6.07, 6.45) is 1.94. The van der Waals surface area contributed by atoms with Crippen molar-refractivity contribution in [3.8, 4) is 0 Å². The van der Waals surface area contributed by atoms with Gasteiger partial charge < -0.3 is 9.84 Å². The van der Waals surface area contributed by atoms with Gasteiger partial charge in [-0.05, 0) is 29.3 Å². The first kappa shape index (κ1) is 16.5. The number of benzene rings is 1. The fourth-order valence-corrected chi connectivity index (χ4v) is 2.45. The molecule has 0 saturated heterocycles. The van der Waals surface area contributed by atoms with Gasteiger partial charge in [-0.3, -0.25) is 0 Å². The van der Waals surface area contributed by atoms with Crippen LogP contribution in [0.5, 0.6) is 0 Å². The Labute approximate surface area is 130 Å². The van der Waals surface area contributed by atoms with Crippen molar-refractivity contribution in [2.45, 2.75) is 37.5 Å². The van der Waals surface area contributed by atoms with E-state index >= 15 is 0 Å². The molecule has 2 rings (SSSR count). The van der Waals surface area contributed by atoms with Gasteiger partial charge in [-0.1, -0.05) is 32.9 Å². The van der Waals surface area contributed by atoms with E-state index in [1.54, 1.807) is 12.1 Å². The lowest BCUT2D eigenvalue weighted by atomic mass is 9.97. The number of rotatable bonds is 5. The lowest BCUT2D eigenvalue weighted by Gasteiger charge is -2.10. The van der Waals surface area contributed by atoms with E-state index in [4.69, 9.17) is 4.52 Å². The van der Waals surface area contributed by atoms with E-state index in [9.17, 15) is 8.42 Å². The van der Waals surface area contributed by atoms with E-state index in [-0.39, 0.29) is 5.41 Å². The third-order valence-corrected chi connectivity index (χ3v) is 4.24. The predicted octanol–water partition coefficient (Wildman–Crippen LogP) is 2.43. The molecule has 1 N–H and O–H groups in total. The Morgan fingerprint density at radius 3 is 2.32 bits per heavy atom. The van der Waals surface area contributed by atoms with Crippen LogP contribution in [-0.4, -0.2) is 31.4 Å². The molecule has 0 saturated carbocycles. The predicted molar refractivity (Wildman–Crippen MR) is 84.7 cm³/mol. The summed E-state index contributed by atoms with van der Waals surface area (Å²) in [6.45, 7) is 6.66. The lowest BCUT2D eigenvalue weighted by molar-refractivity contribution is 0.321. The molecule has 0 fully saturated rings. The molecule has 6 nitrogen and oxygen atoms in total. The topological polar surface area (TPSA) is 85.1 Å². The zero-order valence-corrected chi connectivity index (χ0v) is 14.1. The average Bonchev–Trinajstić information content (AvgIpc) is 2.87. The number of hydrogen-bond acceptors (Lipinski definition) is 6. The fraction of sp³-hybridized carbons (Fsp3) is 0.467. The van der Waals surface area contributed by atoms with Crippen LogP contribution in [0.1, 0.15) is 32.2 Å². The highest BCUT2D eigenvalue weighted by Gasteiger charge is 2.21. The van der Waals surface area contributed by atoms with E-state index in [1.807, 2.05) is 32.9 Å². The summed E-state index contributed by atoms with van der Waals surface area (Å²) in [4.78, 5) is 4.62. The van der Waals surface area contributed by atoms with E-state index < -0.39 is 9.84 Å². The largest absolute Gasteiger partial charge is 0.351 e. The number of sulfone groups is 1. The maximum atomic E-state index is 11.4. The Morgan fingerprint density at radius 2 is 1.82 bits per heavy atom. The van der Waals surface area contributed by atoms with Crippen molar-refractivity contribution in [1.29, 1.82) is 0 Å². The van der Waals surface area contributed by atoms with Gasteiger partial charge in [0.2, 0.25) is 5.89 Å². The Hall–Kier alpha value is -1.89. The molecule has 0 atom stereocenters. The Kier molecular flexibility index (Phi) is 4.55. The van der Waals surface area contributed by atoms with Gasteiger partial charge in [0.1, 0.15) is 0 Å². The monoisotopic (exact) mass is 323 g/mol. The van der Waals surface area contributed by atoms with Crippen LogP contribution in [0, 0.1) is 0 Å². The number of nitrogens with one attached hydrogen (secondary N) is 1. The maximum Gasteiger partial charge on any atom is 0.263 e. The summed E-state index contributed by atoms with van der Waals surface area (Å²) in [5.74, 6) is 1.06. The summed E-state index contributed by atoms with van der Waals surface area (Å²) in [7, 11) is -3.14. The van der Waals surface area contributed by atoms with Crippen molar-refractivity contribution in [3.05, 3.63) is 35.7 Å². The zero-order valence-electron chi connectivity index (χ0n) is 13.3. The molecule has 1 aromatic heterocycles. The molecule has 0 aliphatic rings. The number of aromatic nitrogens is 2. The Bertz CT molecular complexity index is 728. The standard InChI is InChI=1S/C15H21N3O3S/c1-15(2,3)13-17-14(18-21-13)16-10-9-11-5-7-12(8-6-11)22(4,19)20/h5-8H,9-10H2,1-4H3,(H,16,18). The van der Waals surface area contributed by atoms with Gasteiger partial charge in [-0.15, -0.1) is 0 Å². The molecule has 2 aromatic rings. The zero-order chi connectivity index (χ0) is 16.4. The van der Waals surface area contributed by atoms with Crippen molar-refractivity contribution in [3.63, 3.8) is 0 Å².